The third-order valence-electron chi connectivity index (χ3n) is 2.47. The highest BCUT2D eigenvalue weighted by atomic mass is 35.5. The third-order valence-corrected chi connectivity index (χ3v) is 2.71. The molecule has 1 heterocycles. The molecule has 18 heavy (non-hydrogen) atoms. The lowest BCUT2D eigenvalue weighted by molar-refractivity contribution is 0.299. The van der Waals surface area contributed by atoms with Gasteiger partial charge in [-0.05, 0) is 18.6 Å². The number of benzene rings is 1. The standard InChI is InChI=1S/C13H14ClFN2O/c1-2-5-17-8-12(7-16-17)18-9-10-3-4-11(14)6-13(10)15/h3-4,6-8H,2,5,9H2,1H3. The Morgan fingerprint density at radius 1 is 1.44 bits per heavy atom. The molecule has 0 unspecified atom stereocenters. The summed E-state index contributed by atoms with van der Waals surface area (Å²) in [5, 5.41) is 4.51. The molecule has 0 fully saturated rings. The van der Waals surface area contributed by atoms with Crippen LogP contribution in [-0.4, -0.2) is 9.78 Å². The summed E-state index contributed by atoms with van der Waals surface area (Å²) in [6, 6.07) is 4.54. The fourth-order valence-electron chi connectivity index (χ4n) is 1.57. The van der Waals surface area contributed by atoms with Crippen molar-refractivity contribution >= 4 is 11.6 Å². The molecule has 0 spiro atoms. The van der Waals surface area contributed by atoms with Gasteiger partial charge in [0.25, 0.3) is 0 Å². The molecule has 0 atom stereocenters. The van der Waals surface area contributed by atoms with E-state index < -0.39 is 0 Å². The predicted molar refractivity (Wildman–Crippen MR) is 68.3 cm³/mol. The molecule has 0 aliphatic carbocycles. The fraction of sp³-hybridized carbons (Fsp3) is 0.308. The maximum atomic E-state index is 13.5. The number of hydrogen-bond donors (Lipinski definition) is 0. The minimum atomic E-state index is -0.358. The van der Waals surface area contributed by atoms with Gasteiger partial charge in [-0.25, -0.2) is 4.39 Å². The molecule has 0 saturated heterocycles. The highest BCUT2D eigenvalue weighted by molar-refractivity contribution is 6.30. The van der Waals surface area contributed by atoms with Crippen molar-refractivity contribution in [1.29, 1.82) is 0 Å². The van der Waals surface area contributed by atoms with Crippen LogP contribution in [0.1, 0.15) is 18.9 Å². The molecule has 1 aromatic carbocycles. The monoisotopic (exact) mass is 268 g/mol. The van der Waals surface area contributed by atoms with Crippen LogP contribution in [0.15, 0.2) is 30.6 Å². The van der Waals surface area contributed by atoms with Gasteiger partial charge in [-0.15, -0.1) is 0 Å². The van der Waals surface area contributed by atoms with Gasteiger partial charge in [0.15, 0.2) is 5.75 Å². The number of aromatic nitrogens is 2. The average molecular weight is 269 g/mol. The van der Waals surface area contributed by atoms with E-state index in [2.05, 4.69) is 12.0 Å². The third kappa shape index (κ3) is 3.23. The highest BCUT2D eigenvalue weighted by Crippen LogP contribution is 2.17. The van der Waals surface area contributed by atoms with E-state index in [-0.39, 0.29) is 12.4 Å². The lowest BCUT2D eigenvalue weighted by atomic mass is 10.2. The molecule has 0 aliphatic rings. The van der Waals surface area contributed by atoms with Crippen molar-refractivity contribution in [3.63, 3.8) is 0 Å². The van der Waals surface area contributed by atoms with E-state index in [1.54, 1.807) is 29.2 Å². The molecule has 0 bridgehead atoms. The number of halogens is 2. The fourth-order valence-corrected chi connectivity index (χ4v) is 1.73. The van der Waals surface area contributed by atoms with Crippen molar-refractivity contribution in [2.24, 2.45) is 0 Å². The van der Waals surface area contributed by atoms with Gasteiger partial charge in [0, 0.05) is 17.1 Å². The summed E-state index contributed by atoms with van der Waals surface area (Å²) in [6.45, 7) is 3.09. The number of ether oxygens (including phenoxy) is 1. The highest BCUT2D eigenvalue weighted by Gasteiger charge is 2.05. The van der Waals surface area contributed by atoms with E-state index in [1.165, 1.54) is 6.07 Å². The molecule has 1 aromatic heterocycles. The Hall–Kier alpha value is -1.55. The van der Waals surface area contributed by atoms with E-state index in [0.29, 0.717) is 16.3 Å². The Morgan fingerprint density at radius 3 is 3.00 bits per heavy atom. The van der Waals surface area contributed by atoms with E-state index in [0.717, 1.165) is 13.0 Å². The smallest absolute Gasteiger partial charge is 0.157 e. The summed E-state index contributed by atoms with van der Waals surface area (Å²) in [4.78, 5) is 0. The first-order valence-corrected chi connectivity index (χ1v) is 6.16. The van der Waals surface area contributed by atoms with Crippen LogP contribution in [0.2, 0.25) is 5.02 Å². The summed E-state index contributed by atoms with van der Waals surface area (Å²) in [7, 11) is 0. The van der Waals surface area contributed by atoms with E-state index in [4.69, 9.17) is 16.3 Å². The molecule has 5 heteroatoms. The predicted octanol–water partition coefficient (Wildman–Crippen LogP) is 3.66. The second-order valence-corrected chi connectivity index (χ2v) is 4.40. The molecular formula is C13H14ClFN2O. The number of hydrogen-bond acceptors (Lipinski definition) is 2. The molecule has 0 N–H and O–H groups in total. The van der Waals surface area contributed by atoms with Crippen molar-refractivity contribution in [1.82, 2.24) is 9.78 Å². The van der Waals surface area contributed by atoms with Gasteiger partial charge >= 0.3 is 0 Å². The van der Waals surface area contributed by atoms with Crippen LogP contribution in [0.5, 0.6) is 5.75 Å². The first-order chi connectivity index (χ1) is 8.69. The zero-order valence-corrected chi connectivity index (χ0v) is 10.8. The molecule has 0 saturated carbocycles. The van der Waals surface area contributed by atoms with Crippen LogP contribution in [0, 0.1) is 5.82 Å². The van der Waals surface area contributed by atoms with Crippen molar-refractivity contribution in [3.05, 3.63) is 47.0 Å². The number of rotatable bonds is 5. The lowest BCUT2D eigenvalue weighted by Crippen LogP contribution is -1.98. The van der Waals surface area contributed by atoms with Crippen LogP contribution in [0.4, 0.5) is 4.39 Å². The van der Waals surface area contributed by atoms with Gasteiger partial charge in [-0.3, -0.25) is 4.68 Å². The quantitative estimate of drug-likeness (QED) is 0.827. The van der Waals surface area contributed by atoms with Crippen LogP contribution in [0.3, 0.4) is 0 Å². The van der Waals surface area contributed by atoms with E-state index in [1.807, 2.05) is 0 Å². The van der Waals surface area contributed by atoms with Gasteiger partial charge in [-0.2, -0.15) is 5.10 Å². The summed E-state index contributed by atoms with van der Waals surface area (Å²) >= 11 is 5.68. The van der Waals surface area contributed by atoms with Gasteiger partial charge in [0.2, 0.25) is 0 Å². The van der Waals surface area contributed by atoms with Crippen LogP contribution in [-0.2, 0) is 13.2 Å². The van der Waals surface area contributed by atoms with Crippen molar-refractivity contribution in [3.8, 4) is 5.75 Å². The first-order valence-electron chi connectivity index (χ1n) is 5.78. The molecule has 3 nitrogen and oxygen atoms in total. The average Bonchev–Trinajstić information content (AvgIpc) is 2.76. The first kappa shape index (κ1) is 12.9. The van der Waals surface area contributed by atoms with Gasteiger partial charge < -0.3 is 4.74 Å². The Bertz CT molecular complexity index is 527. The topological polar surface area (TPSA) is 27.1 Å². The van der Waals surface area contributed by atoms with E-state index >= 15 is 0 Å². The minimum absolute atomic E-state index is 0.167. The molecule has 0 amide bonds. The lowest BCUT2D eigenvalue weighted by Gasteiger charge is -2.05. The van der Waals surface area contributed by atoms with Crippen molar-refractivity contribution < 1.29 is 9.13 Å². The van der Waals surface area contributed by atoms with Gasteiger partial charge in [0.05, 0.1) is 12.4 Å². The summed E-state index contributed by atoms with van der Waals surface area (Å²) in [6.07, 6.45) is 4.44. The molecule has 0 radical (unpaired) electrons. The number of aryl methyl sites for hydroxylation is 1. The number of nitrogens with zero attached hydrogens (tertiary/aromatic N) is 2. The molecule has 2 rings (SSSR count). The Labute approximate surface area is 110 Å². The zero-order chi connectivity index (χ0) is 13.0. The van der Waals surface area contributed by atoms with Crippen LogP contribution < -0.4 is 4.74 Å². The Balaban J connectivity index is 1.97. The molecule has 2 aromatic rings. The van der Waals surface area contributed by atoms with Gasteiger partial charge in [-0.1, -0.05) is 24.6 Å². The molecule has 0 aliphatic heterocycles. The maximum absolute atomic E-state index is 13.5. The van der Waals surface area contributed by atoms with Gasteiger partial charge in [0.1, 0.15) is 12.4 Å². The summed E-state index contributed by atoms with van der Waals surface area (Å²) < 4.78 is 20.8. The minimum Gasteiger partial charge on any atom is -0.486 e. The second kappa shape index (κ2) is 5.87. The van der Waals surface area contributed by atoms with Crippen molar-refractivity contribution in [2.45, 2.75) is 26.5 Å². The molecular weight excluding hydrogens is 255 g/mol. The van der Waals surface area contributed by atoms with E-state index in [9.17, 15) is 4.39 Å². The molecule has 96 valence electrons. The Kier molecular flexibility index (Phi) is 4.20. The summed E-state index contributed by atoms with van der Waals surface area (Å²) in [5.41, 5.74) is 0.475. The SMILES string of the molecule is CCCn1cc(OCc2ccc(Cl)cc2F)cn1. The van der Waals surface area contributed by atoms with Crippen LogP contribution in [0.25, 0.3) is 0 Å². The van der Waals surface area contributed by atoms with Crippen molar-refractivity contribution in [2.75, 3.05) is 0 Å². The second-order valence-electron chi connectivity index (χ2n) is 3.96. The van der Waals surface area contributed by atoms with Crippen LogP contribution >= 0.6 is 11.6 Å². The summed E-state index contributed by atoms with van der Waals surface area (Å²) in [5.74, 6) is 0.279. The maximum Gasteiger partial charge on any atom is 0.157 e. The zero-order valence-electron chi connectivity index (χ0n) is 10.1. The largest absolute Gasteiger partial charge is 0.486 e. The normalized spacial score (nSPS) is 10.6. The Morgan fingerprint density at radius 2 is 2.28 bits per heavy atom.